The fraction of sp³-hybridized carbons (Fsp3) is 0.786. The first-order valence-electron chi connectivity index (χ1n) is 7.16. The second kappa shape index (κ2) is 5.42. The molecule has 1 saturated carbocycles. The normalized spacial score (nSPS) is 29.7. The van der Waals surface area contributed by atoms with Crippen molar-refractivity contribution in [2.75, 3.05) is 13.1 Å². The van der Waals surface area contributed by atoms with Gasteiger partial charge in [0.15, 0.2) is 0 Å². The van der Waals surface area contributed by atoms with Crippen LogP contribution in [0.25, 0.3) is 0 Å². The van der Waals surface area contributed by atoms with Gasteiger partial charge in [-0.15, -0.1) is 0 Å². The fourth-order valence-corrected chi connectivity index (χ4v) is 3.09. The van der Waals surface area contributed by atoms with Gasteiger partial charge in [0, 0.05) is 19.0 Å². The van der Waals surface area contributed by atoms with Crippen LogP contribution in [0.2, 0.25) is 0 Å². The molecular formula is C14H22N2O4. The van der Waals surface area contributed by atoms with E-state index < -0.39 is 11.5 Å². The molecule has 112 valence electrons. The fourth-order valence-electron chi connectivity index (χ4n) is 3.09. The summed E-state index contributed by atoms with van der Waals surface area (Å²) in [6.45, 7) is 4.51. The van der Waals surface area contributed by atoms with Crippen LogP contribution >= 0.6 is 0 Å². The van der Waals surface area contributed by atoms with Crippen molar-refractivity contribution < 1.29 is 19.5 Å². The van der Waals surface area contributed by atoms with Crippen LogP contribution in [-0.2, 0) is 14.4 Å². The van der Waals surface area contributed by atoms with Crippen LogP contribution in [0.15, 0.2) is 0 Å². The first kappa shape index (κ1) is 14.8. The third-order valence-electron chi connectivity index (χ3n) is 4.54. The number of carbonyl (C=O) groups is 3. The van der Waals surface area contributed by atoms with Crippen molar-refractivity contribution in [2.24, 2.45) is 11.8 Å². The summed E-state index contributed by atoms with van der Waals surface area (Å²) in [6.07, 6.45) is 2.30. The summed E-state index contributed by atoms with van der Waals surface area (Å²) in [5.74, 6) is -1.37. The van der Waals surface area contributed by atoms with Gasteiger partial charge in [-0.3, -0.25) is 14.4 Å². The number of carboxylic acids is 1. The Balaban J connectivity index is 2.01. The molecule has 2 aliphatic rings. The monoisotopic (exact) mass is 282 g/mol. The number of hydrogen-bond acceptors (Lipinski definition) is 3. The Bertz CT molecular complexity index is 425. The SMILES string of the molecule is CC1(C)C(=O)NCCN1C(=O)C1CCC(C(=O)O)CC1. The number of carbonyl (C=O) groups excluding carboxylic acids is 2. The molecule has 0 bridgehead atoms. The van der Waals surface area contributed by atoms with Crippen LogP contribution in [-0.4, -0.2) is 46.4 Å². The van der Waals surface area contributed by atoms with Gasteiger partial charge < -0.3 is 15.3 Å². The third kappa shape index (κ3) is 2.64. The van der Waals surface area contributed by atoms with E-state index >= 15 is 0 Å². The quantitative estimate of drug-likeness (QED) is 0.777. The van der Waals surface area contributed by atoms with E-state index in [1.807, 2.05) is 0 Å². The number of carboxylic acid groups (broad SMARTS) is 1. The van der Waals surface area contributed by atoms with Gasteiger partial charge in [0.25, 0.3) is 0 Å². The number of amides is 2. The Morgan fingerprint density at radius 2 is 1.75 bits per heavy atom. The summed E-state index contributed by atoms with van der Waals surface area (Å²) in [5, 5.41) is 11.8. The number of piperazine rings is 1. The zero-order chi connectivity index (χ0) is 14.9. The van der Waals surface area contributed by atoms with Crippen molar-refractivity contribution in [3.05, 3.63) is 0 Å². The first-order valence-corrected chi connectivity index (χ1v) is 7.16. The Labute approximate surface area is 118 Å². The highest BCUT2D eigenvalue weighted by Crippen LogP contribution is 2.32. The number of hydrogen-bond donors (Lipinski definition) is 2. The van der Waals surface area contributed by atoms with Crippen molar-refractivity contribution >= 4 is 17.8 Å². The van der Waals surface area contributed by atoms with Crippen LogP contribution in [0.5, 0.6) is 0 Å². The molecule has 6 heteroatoms. The van der Waals surface area contributed by atoms with Crippen LogP contribution in [0, 0.1) is 11.8 Å². The Kier molecular flexibility index (Phi) is 4.01. The zero-order valence-corrected chi connectivity index (χ0v) is 12.0. The minimum Gasteiger partial charge on any atom is -0.481 e. The second-order valence-electron chi connectivity index (χ2n) is 6.19. The highest BCUT2D eigenvalue weighted by Gasteiger charge is 2.43. The third-order valence-corrected chi connectivity index (χ3v) is 4.54. The summed E-state index contributed by atoms with van der Waals surface area (Å²) in [7, 11) is 0. The minimum absolute atomic E-state index is 0.00584. The molecule has 2 amide bonds. The molecule has 1 aliphatic carbocycles. The van der Waals surface area contributed by atoms with Gasteiger partial charge >= 0.3 is 5.97 Å². The molecular weight excluding hydrogens is 260 g/mol. The lowest BCUT2D eigenvalue weighted by molar-refractivity contribution is -0.154. The standard InChI is InChI=1S/C14H22N2O4/c1-14(2)13(20)15-7-8-16(14)11(17)9-3-5-10(6-4-9)12(18)19/h9-10H,3-8H2,1-2H3,(H,15,20)(H,18,19). The average molecular weight is 282 g/mol. The van der Waals surface area contributed by atoms with Gasteiger partial charge in [-0.1, -0.05) is 0 Å². The van der Waals surface area contributed by atoms with E-state index in [1.54, 1.807) is 18.7 Å². The van der Waals surface area contributed by atoms with E-state index in [9.17, 15) is 14.4 Å². The molecule has 0 aromatic heterocycles. The molecule has 6 nitrogen and oxygen atoms in total. The van der Waals surface area contributed by atoms with Crippen molar-refractivity contribution in [1.29, 1.82) is 0 Å². The number of nitrogens with one attached hydrogen (secondary N) is 1. The lowest BCUT2D eigenvalue weighted by Crippen LogP contribution is -2.64. The largest absolute Gasteiger partial charge is 0.481 e. The Morgan fingerprint density at radius 3 is 2.30 bits per heavy atom. The molecule has 2 fully saturated rings. The topological polar surface area (TPSA) is 86.7 Å². The van der Waals surface area contributed by atoms with Crippen molar-refractivity contribution in [2.45, 2.75) is 45.1 Å². The van der Waals surface area contributed by atoms with Crippen LogP contribution in [0.4, 0.5) is 0 Å². The molecule has 1 heterocycles. The summed E-state index contributed by atoms with van der Waals surface area (Å²) in [5.41, 5.74) is -0.820. The lowest BCUT2D eigenvalue weighted by atomic mass is 9.80. The zero-order valence-electron chi connectivity index (χ0n) is 12.0. The van der Waals surface area contributed by atoms with E-state index in [-0.39, 0.29) is 23.7 Å². The highest BCUT2D eigenvalue weighted by molar-refractivity contribution is 5.92. The predicted octanol–water partition coefficient (Wildman–Crippen LogP) is 0.614. The molecule has 2 N–H and O–H groups in total. The van der Waals surface area contributed by atoms with E-state index in [4.69, 9.17) is 5.11 Å². The molecule has 1 saturated heterocycles. The Morgan fingerprint density at radius 1 is 1.20 bits per heavy atom. The van der Waals surface area contributed by atoms with Gasteiger partial charge in [0.2, 0.25) is 11.8 Å². The molecule has 0 aromatic carbocycles. The molecule has 0 radical (unpaired) electrons. The summed E-state index contributed by atoms with van der Waals surface area (Å²) in [4.78, 5) is 37.0. The molecule has 0 spiro atoms. The summed E-state index contributed by atoms with van der Waals surface area (Å²) < 4.78 is 0. The minimum atomic E-state index is -0.820. The number of rotatable bonds is 2. The summed E-state index contributed by atoms with van der Waals surface area (Å²) >= 11 is 0. The molecule has 2 rings (SSSR count). The molecule has 0 aromatic rings. The van der Waals surface area contributed by atoms with Crippen LogP contribution in [0.1, 0.15) is 39.5 Å². The van der Waals surface area contributed by atoms with Crippen LogP contribution < -0.4 is 5.32 Å². The maximum absolute atomic E-state index is 12.6. The molecule has 0 unspecified atom stereocenters. The van der Waals surface area contributed by atoms with E-state index in [0.717, 1.165) is 0 Å². The van der Waals surface area contributed by atoms with E-state index in [1.165, 1.54) is 0 Å². The van der Waals surface area contributed by atoms with Gasteiger partial charge in [-0.25, -0.2) is 0 Å². The molecule has 0 atom stereocenters. The van der Waals surface area contributed by atoms with Crippen LogP contribution in [0.3, 0.4) is 0 Å². The lowest BCUT2D eigenvalue weighted by Gasteiger charge is -2.43. The summed E-state index contributed by atoms with van der Waals surface area (Å²) in [6, 6.07) is 0. The van der Waals surface area contributed by atoms with Crippen molar-refractivity contribution in [3.8, 4) is 0 Å². The molecule has 1 aliphatic heterocycles. The highest BCUT2D eigenvalue weighted by atomic mass is 16.4. The first-order chi connectivity index (χ1) is 9.34. The number of nitrogens with zero attached hydrogens (tertiary/aromatic N) is 1. The average Bonchev–Trinajstić information content (AvgIpc) is 2.41. The van der Waals surface area contributed by atoms with Crippen molar-refractivity contribution in [3.63, 3.8) is 0 Å². The smallest absolute Gasteiger partial charge is 0.306 e. The van der Waals surface area contributed by atoms with E-state index in [0.29, 0.717) is 38.8 Å². The number of aliphatic carboxylic acids is 1. The van der Waals surface area contributed by atoms with Gasteiger partial charge in [-0.05, 0) is 39.5 Å². The van der Waals surface area contributed by atoms with Gasteiger partial charge in [0.1, 0.15) is 5.54 Å². The molecule has 20 heavy (non-hydrogen) atoms. The maximum Gasteiger partial charge on any atom is 0.306 e. The predicted molar refractivity (Wildman–Crippen MR) is 71.9 cm³/mol. The van der Waals surface area contributed by atoms with Gasteiger partial charge in [0.05, 0.1) is 5.92 Å². The van der Waals surface area contributed by atoms with E-state index in [2.05, 4.69) is 5.32 Å². The Hall–Kier alpha value is -1.59. The van der Waals surface area contributed by atoms with Crippen molar-refractivity contribution in [1.82, 2.24) is 10.2 Å². The van der Waals surface area contributed by atoms with Gasteiger partial charge in [-0.2, -0.15) is 0 Å². The second-order valence-corrected chi connectivity index (χ2v) is 6.19. The maximum atomic E-state index is 12.6.